The van der Waals surface area contributed by atoms with Gasteiger partial charge in [0.15, 0.2) is 0 Å². The minimum Gasteiger partial charge on any atom is -0.371 e. The molecule has 1 aromatic rings. The van der Waals surface area contributed by atoms with Crippen molar-refractivity contribution < 1.29 is 9.72 Å². The van der Waals surface area contributed by atoms with Gasteiger partial charge in [-0.3, -0.25) is 14.9 Å². The first-order valence-electron chi connectivity index (χ1n) is 7.34. The van der Waals surface area contributed by atoms with Gasteiger partial charge in [0.25, 0.3) is 11.6 Å². The highest BCUT2D eigenvalue weighted by molar-refractivity contribution is 6.00. The number of carbonyl (C=O) groups is 1. The Bertz CT molecular complexity index is 537. The molecule has 1 aromatic carbocycles. The van der Waals surface area contributed by atoms with Gasteiger partial charge in [-0.05, 0) is 31.7 Å². The number of nitro groups is 1. The number of piperidine rings is 1. The molecule has 0 aromatic heterocycles. The van der Waals surface area contributed by atoms with Crippen molar-refractivity contribution in [3.63, 3.8) is 0 Å². The van der Waals surface area contributed by atoms with Crippen LogP contribution >= 0.6 is 0 Å². The summed E-state index contributed by atoms with van der Waals surface area (Å²) in [5, 5.41) is 13.7. The lowest BCUT2D eigenvalue weighted by molar-refractivity contribution is -0.384. The van der Waals surface area contributed by atoms with Gasteiger partial charge in [0.1, 0.15) is 0 Å². The Morgan fingerprint density at radius 2 is 2.10 bits per heavy atom. The first-order valence-corrected chi connectivity index (χ1v) is 7.34. The lowest BCUT2D eigenvalue weighted by Gasteiger charge is -2.33. The van der Waals surface area contributed by atoms with Gasteiger partial charge in [-0.15, -0.1) is 0 Å². The fourth-order valence-electron chi connectivity index (χ4n) is 2.60. The number of hydrogen-bond acceptors (Lipinski definition) is 4. The van der Waals surface area contributed by atoms with Gasteiger partial charge in [0, 0.05) is 31.8 Å². The van der Waals surface area contributed by atoms with Crippen LogP contribution in [0.3, 0.4) is 0 Å². The molecule has 6 nitrogen and oxygen atoms in total. The van der Waals surface area contributed by atoms with E-state index in [0.717, 1.165) is 31.6 Å². The maximum Gasteiger partial charge on any atom is 0.270 e. The Hall–Kier alpha value is -2.11. The van der Waals surface area contributed by atoms with Gasteiger partial charge < -0.3 is 10.2 Å². The summed E-state index contributed by atoms with van der Waals surface area (Å²) in [7, 11) is 0. The van der Waals surface area contributed by atoms with Crippen molar-refractivity contribution in [3.05, 3.63) is 33.9 Å². The largest absolute Gasteiger partial charge is 0.371 e. The summed E-state index contributed by atoms with van der Waals surface area (Å²) in [4.78, 5) is 24.8. The Kier molecular flexibility index (Phi) is 4.77. The predicted molar refractivity (Wildman–Crippen MR) is 81.7 cm³/mol. The highest BCUT2D eigenvalue weighted by Gasteiger charge is 2.23. The number of rotatable bonds is 4. The van der Waals surface area contributed by atoms with Crippen LogP contribution in [0.25, 0.3) is 0 Å². The third-order valence-electron chi connectivity index (χ3n) is 3.90. The van der Waals surface area contributed by atoms with E-state index in [1.54, 1.807) is 6.07 Å². The molecule has 0 spiro atoms. The van der Waals surface area contributed by atoms with Crippen LogP contribution in [0.5, 0.6) is 0 Å². The average molecular weight is 291 g/mol. The maximum absolute atomic E-state index is 12.2. The highest BCUT2D eigenvalue weighted by atomic mass is 16.6. The summed E-state index contributed by atoms with van der Waals surface area (Å²) < 4.78 is 0. The van der Waals surface area contributed by atoms with Gasteiger partial charge in [-0.1, -0.05) is 6.92 Å². The third-order valence-corrected chi connectivity index (χ3v) is 3.90. The van der Waals surface area contributed by atoms with Gasteiger partial charge in [0.2, 0.25) is 0 Å². The molecule has 0 bridgehead atoms. The zero-order chi connectivity index (χ0) is 15.4. The molecule has 0 radical (unpaired) electrons. The number of non-ortho nitro benzene ring substituents is 1. The molecule has 0 unspecified atom stereocenters. The fraction of sp³-hybridized carbons (Fsp3) is 0.533. The molecule has 21 heavy (non-hydrogen) atoms. The van der Waals surface area contributed by atoms with Crippen LogP contribution in [-0.2, 0) is 0 Å². The zero-order valence-electron chi connectivity index (χ0n) is 12.5. The monoisotopic (exact) mass is 291 g/mol. The van der Waals surface area contributed by atoms with E-state index in [9.17, 15) is 14.9 Å². The van der Waals surface area contributed by atoms with Crippen LogP contribution in [0.4, 0.5) is 11.4 Å². The molecule has 1 amide bonds. The number of nitrogens with one attached hydrogen (secondary N) is 1. The van der Waals surface area contributed by atoms with Crippen molar-refractivity contribution in [1.29, 1.82) is 0 Å². The summed E-state index contributed by atoms with van der Waals surface area (Å²) >= 11 is 0. The summed E-state index contributed by atoms with van der Waals surface area (Å²) in [5.74, 6) is 0.432. The number of carbonyl (C=O) groups excluding carboxylic acids is 1. The van der Waals surface area contributed by atoms with Crippen LogP contribution in [0, 0.1) is 16.0 Å². The standard InChI is InChI=1S/C15H21N3O3/c1-3-16-15(19)13-10-12(18(20)21)4-5-14(13)17-8-6-11(2)7-9-17/h4-5,10-11H,3,6-9H2,1-2H3,(H,16,19). The number of anilines is 1. The Morgan fingerprint density at radius 3 is 2.67 bits per heavy atom. The molecule has 1 saturated heterocycles. The second-order valence-electron chi connectivity index (χ2n) is 5.49. The summed E-state index contributed by atoms with van der Waals surface area (Å²) in [6.45, 7) is 6.31. The number of amides is 1. The van der Waals surface area contributed by atoms with Crippen LogP contribution in [0.2, 0.25) is 0 Å². The van der Waals surface area contributed by atoms with Gasteiger partial charge in [-0.2, -0.15) is 0 Å². The van der Waals surface area contributed by atoms with Crippen molar-refractivity contribution in [1.82, 2.24) is 5.32 Å². The Labute approximate surface area is 124 Å². The number of benzene rings is 1. The second kappa shape index (κ2) is 6.56. The molecular formula is C15H21N3O3. The smallest absolute Gasteiger partial charge is 0.270 e. The van der Waals surface area contributed by atoms with E-state index < -0.39 is 4.92 Å². The molecular weight excluding hydrogens is 270 g/mol. The molecule has 2 rings (SSSR count). The van der Waals surface area contributed by atoms with Gasteiger partial charge in [0.05, 0.1) is 16.2 Å². The van der Waals surface area contributed by atoms with Crippen LogP contribution < -0.4 is 10.2 Å². The molecule has 1 aliphatic rings. The van der Waals surface area contributed by atoms with E-state index >= 15 is 0 Å². The predicted octanol–water partition coefficient (Wildman–Crippen LogP) is 2.58. The Morgan fingerprint density at radius 1 is 1.43 bits per heavy atom. The molecule has 1 fully saturated rings. The van der Waals surface area contributed by atoms with Crippen LogP contribution in [0.1, 0.15) is 37.0 Å². The first-order chi connectivity index (χ1) is 10.0. The van der Waals surface area contributed by atoms with Crippen molar-refractivity contribution in [2.75, 3.05) is 24.5 Å². The van der Waals surface area contributed by atoms with E-state index in [0.29, 0.717) is 18.0 Å². The zero-order valence-corrected chi connectivity index (χ0v) is 12.5. The van der Waals surface area contributed by atoms with Gasteiger partial charge >= 0.3 is 0 Å². The second-order valence-corrected chi connectivity index (χ2v) is 5.49. The number of nitro benzene ring substituents is 1. The normalized spacial score (nSPS) is 15.8. The maximum atomic E-state index is 12.2. The first kappa shape index (κ1) is 15.3. The molecule has 0 aliphatic carbocycles. The molecule has 0 saturated carbocycles. The minimum absolute atomic E-state index is 0.0506. The average Bonchev–Trinajstić information content (AvgIpc) is 2.47. The van der Waals surface area contributed by atoms with Gasteiger partial charge in [-0.25, -0.2) is 0 Å². The van der Waals surface area contributed by atoms with E-state index in [4.69, 9.17) is 0 Å². The van der Waals surface area contributed by atoms with Crippen molar-refractivity contribution in [2.24, 2.45) is 5.92 Å². The fourth-order valence-corrected chi connectivity index (χ4v) is 2.60. The van der Waals surface area contributed by atoms with Crippen LogP contribution in [-0.4, -0.2) is 30.5 Å². The summed E-state index contributed by atoms with van der Waals surface area (Å²) in [5.41, 5.74) is 1.13. The Balaban J connectivity index is 2.34. The van der Waals surface area contributed by atoms with E-state index in [2.05, 4.69) is 17.1 Å². The molecule has 1 aliphatic heterocycles. The quantitative estimate of drug-likeness (QED) is 0.683. The molecule has 1 heterocycles. The summed E-state index contributed by atoms with van der Waals surface area (Å²) in [6, 6.07) is 4.53. The molecule has 114 valence electrons. The minimum atomic E-state index is -0.467. The van der Waals surface area contributed by atoms with Crippen molar-refractivity contribution >= 4 is 17.3 Å². The SMILES string of the molecule is CCNC(=O)c1cc([N+](=O)[O-])ccc1N1CCC(C)CC1. The van der Waals surface area contributed by atoms with E-state index in [-0.39, 0.29) is 11.6 Å². The highest BCUT2D eigenvalue weighted by Crippen LogP contribution is 2.29. The molecule has 1 N–H and O–H groups in total. The molecule has 6 heteroatoms. The van der Waals surface area contributed by atoms with Crippen molar-refractivity contribution in [2.45, 2.75) is 26.7 Å². The van der Waals surface area contributed by atoms with Crippen LogP contribution in [0.15, 0.2) is 18.2 Å². The third kappa shape index (κ3) is 3.51. The summed E-state index contributed by atoms with van der Waals surface area (Å²) in [6.07, 6.45) is 2.15. The van der Waals surface area contributed by atoms with E-state index in [1.165, 1.54) is 12.1 Å². The lowest BCUT2D eigenvalue weighted by Crippen LogP contribution is -2.35. The van der Waals surface area contributed by atoms with Crippen molar-refractivity contribution in [3.8, 4) is 0 Å². The lowest BCUT2D eigenvalue weighted by atomic mass is 9.98. The number of nitrogens with zero attached hydrogens (tertiary/aromatic N) is 2. The number of hydrogen-bond donors (Lipinski definition) is 1. The topological polar surface area (TPSA) is 75.5 Å². The molecule has 0 atom stereocenters. The van der Waals surface area contributed by atoms with E-state index in [1.807, 2.05) is 6.92 Å².